The molecule has 0 saturated heterocycles. The molecule has 3 aromatic rings. The van der Waals surface area contributed by atoms with Crippen LogP contribution in [0.25, 0.3) is 11.1 Å². The molecule has 0 unspecified atom stereocenters. The summed E-state index contributed by atoms with van der Waals surface area (Å²) >= 11 is 6.14. The number of hydrogen-bond donors (Lipinski definition) is 2. The predicted molar refractivity (Wildman–Crippen MR) is 158 cm³/mol. The minimum Gasteiger partial charge on any atom is -0.435 e. The second-order valence-corrected chi connectivity index (χ2v) is 9.97. The lowest BCUT2D eigenvalue weighted by molar-refractivity contribution is -0.163. The van der Waals surface area contributed by atoms with E-state index in [1.807, 2.05) is 66.7 Å². The maximum absolute atomic E-state index is 12.6. The van der Waals surface area contributed by atoms with Gasteiger partial charge in [-0.05, 0) is 60.7 Å². The fourth-order valence-electron chi connectivity index (χ4n) is 4.39. The van der Waals surface area contributed by atoms with Gasteiger partial charge in [0.25, 0.3) is 5.91 Å². The number of amides is 1. The third-order valence-electron chi connectivity index (χ3n) is 6.44. The molecule has 2 atom stereocenters. The molecular weight excluding hydrogens is 562 g/mol. The number of ether oxygens (including phenoxy) is 3. The van der Waals surface area contributed by atoms with E-state index in [0.29, 0.717) is 22.8 Å². The Bertz CT molecular complexity index is 1400. The number of hydrogen-bond acceptors (Lipinski definition) is 9. The van der Waals surface area contributed by atoms with Crippen LogP contribution in [-0.4, -0.2) is 60.9 Å². The van der Waals surface area contributed by atoms with Crippen LogP contribution in [0.3, 0.4) is 0 Å². The summed E-state index contributed by atoms with van der Waals surface area (Å²) in [5.41, 5.74) is 4.25. The van der Waals surface area contributed by atoms with Crippen LogP contribution in [0.2, 0.25) is 5.02 Å². The minimum absolute atomic E-state index is 0.00207. The van der Waals surface area contributed by atoms with Crippen LogP contribution in [0.1, 0.15) is 25.3 Å². The van der Waals surface area contributed by atoms with Gasteiger partial charge in [0.1, 0.15) is 0 Å². The highest BCUT2D eigenvalue weighted by Crippen LogP contribution is 2.24. The Hall–Kier alpha value is -4.25. The van der Waals surface area contributed by atoms with Gasteiger partial charge in [-0.25, -0.2) is 14.6 Å². The van der Waals surface area contributed by atoms with Gasteiger partial charge in [-0.2, -0.15) is 5.10 Å². The average Bonchev–Trinajstić information content (AvgIpc) is 3.37. The van der Waals surface area contributed by atoms with Gasteiger partial charge in [-0.1, -0.05) is 66.2 Å². The zero-order chi connectivity index (χ0) is 29.9. The first-order valence-electron chi connectivity index (χ1n) is 13.5. The maximum Gasteiger partial charge on any atom is 0.511 e. The van der Waals surface area contributed by atoms with Crippen molar-refractivity contribution in [3.05, 3.63) is 89.4 Å². The summed E-state index contributed by atoms with van der Waals surface area (Å²) in [6.45, 7) is 1.32. The highest BCUT2D eigenvalue weighted by Gasteiger charge is 2.27. The number of carbonyl (C=O) groups excluding carboxylic acids is 3. The van der Waals surface area contributed by atoms with Crippen LogP contribution < -0.4 is 10.3 Å². The van der Waals surface area contributed by atoms with Crippen LogP contribution in [0.15, 0.2) is 84.0 Å². The zero-order valence-electron chi connectivity index (χ0n) is 23.1. The van der Waals surface area contributed by atoms with Crippen LogP contribution in [0.4, 0.5) is 10.5 Å². The van der Waals surface area contributed by atoms with Crippen molar-refractivity contribution in [2.24, 2.45) is 5.10 Å². The quantitative estimate of drug-likeness (QED) is 0.215. The summed E-state index contributed by atoms with van der Waals surface area (Å²) in [7, 11) is 0. The van der Waals surface area contributed by atoms with E-state index in [2.05, 4.69) is 19.9 Å². The van der Waals surface area contributed by atoms with E-state index in [4.69, 9.17) is 16.3 Å². The molecule has 2 N–H and O–H groups in total. The van der Waals surface area contributed by atoms with Gasteiger partial charge >= 0.3 is 12.1 Å². The molecule has 1 heterocycles. The molecule has 0 radical (unpaired) electrons. The molecule has 3 aromatic carbocycles. The third-order valence-corrected chi connectivity index (χ3v) is 6.68. The molecule has 0 spiro atoms. The summed E-state index contributed by atoms with van der Waals surface area (Å²) in [6.07, 6.45) is -1.86. The first kappa shape index (κ1) is 30.7. The van der Waals surface area contributed by atoms with Crippen LogP contribution in [0, 0.1) is 0 Å². The van der Waals surface area contributed by atoms with Crippen LogP contribution in [0.5, 0.6) is 0 Å². The molecule has 0 bridgehead atoms. The van der Waals surface area contributed by atoms with E-state index < -0.39 is 25.0 Å². The summed E-state index contributed by atoms with van der Waals surface area (Å²) in [5, 5.41) is 20.4. The summed E-state index contributed by atoms with van der Waals surface area (Å²) in [4.78, 5) is 36.3. The third kappa shape index (κ3) is 8.87. The Labute approximate surface area is 248 Å². The van der Waals surface area contributed by atoms with Crippen molar-refractivity contribution >= 4 is 41.0 Å². The zero-order valence-corrected chi connectivity index (χ0v) is 23.8. The SMILES string of the molecule is CCOC(=O)OCOC(=O)[C@H](O)C[C@H](Cc1ccc(-c2cccc(Cl)c2)cc1)NCC1=NN(c2ccccc2)C(=O)C1. The Morgan fingerprint density at radius 2 is 1.76 bits per heavy atom. The first-order chi connectivity index (χ1) is 20.3. The van der Waals surface area contributed by atoms with Gasteiger partial charge in [-0.3, -0.25) is 4.79 Å². The number of carbonyl (C=O) groups is 3. The summed E-state index contributed by atoms with van der Waals surface area (Å²) in [6, 6.07) is 24.2. The van der Waals surface area contributed by atoms with Gasteiger partial charge in [0.15, 0.2) is 6.10 Å². The topological polar surface area (TPSA) is 127 Å². The van der Waals surface area contributed by atoms with E-state index in [-0.39, 0.29) is 37.9 Å². The number of halogens is 1. The minimum atomic E-state index is -1.49. The Morgan fingerprint density at radius 1 is 1.00 bits per heavy atom. The number of rotatable bonds is 13. The van der Waals surface area contributed by atoms with Gasteiger partial charge in [0.2, 0.25) is 6.79 Å². The molecular formula is C31H32ClN3O7. The van der Waals surface area contributed by atoms with Crippen LogP contribution >= 0.6 is 11.6 Å². The number of nitrogens with one attached hydrogen (secondary N) is 1. The van der Waals surface area contributed by atoms with E-state index in [1.54, 1.807) is 19.1 Å². The molecule has 1 aliphatic rings. The monoisotopic (exact) mass is 593 g/mol. The van der Waals surface area contributed by atoms with Crippen molar-refractivity contribution in [2.45, 2.75) is 38.3 Å². The number of esters is 1. The number of aliphatic hydroxyl groups is 1. The number of hydrazone groups is 1. The fraction of sp³-hybridized carbons (Fsp3) is 0.290. The largest absolute Gasteiger partial charge is 0.511 e. The number of para-hydroxylation sites is 1. The predicted octanol–water partition coefficient (Wildman–Crippen LogP) is 4.73. The molecule has 0 aliphatic carbocycles. The second-order valence-electron chi connectivity index (χ2n) is 9.53. The van der Waals surface area contributed by atoms with E-state index in [0.717, 1.165) is 16.7 Å². The molecule has 1 amide bonds. The van der Waals surface area contributed by atoms with Crippen molar-refractivity contribution in [3.63, 3.8) is 0 Å². The summed E-state index contributed by atoms with van der Waals surface area (Å²) < 4.78 is 14.1. The molecule has 11 heteroatoms. The number of aliphatic hydroxyl groups excluding tert-OH is 1. The second kappa shape index (κ2) is 15.1. The smallest absolute Gasteiger partial charge is 0.435 e. The van der Waals surface area contributed by atoms with Crippen molar-refractivity contribution in [1.82, 2.24) is 5.32 Å². The average molecular weight is 594 g/mol. The lowest BCUT2D eigenvalue weighted by Crippen LogP contribution is -2.40. The molecule has 0 fully saturated rings. The Balaban J connectivity index is 1.42. The lowest BCUT2D eigenvalue weighted by atomic mass is 9.97. The number of anilines is 1. The molecule has 0 aromatic heterocycles. The highest BCUT2D eigenvalue weighted by atomic mass is 35.5. The number of benzene rings is 3. The van der Waals surface area contributed by atoms with E-state index in [1.165, 1.54) is 5.01 Å². The molecule has 42 heavy (non-hydrogen) atoms. The van der Waals surface area contributed by atoms with Gasteiger partial charge in [-0.15, -0.1) is 0 Å². The molecule has 10 nitrogen and oxygen atoms in total. The first-order valence-corrected chi connectivity index (χ1v) is 13.9. The summed E-state index contributed by atoms with van der Waals surface area (Å²) in [5.74, 6) is -1.08. The highest BCUT2D eigenvalue weighted by molar-refractivity contribution is 6.30. The molecule has 0 saturated carbocycles. The van der Waals surface area contributed by atoms with E-state index >= 15 is 0 Å². The normalized spacial score (nSPS) is 14.2. The molecule has 1 aliphatic heterocycles. The standard InChI is InChI=1S/C31H32ClN3O7/c1-2-40-31(39)42-20-41-30(38)28(36)17-25(15-21-11-13-22(14-12-21)23-7-6-8-24(32)16-23)33-19-26-18-29(37)35(34-26)27-9-4-3-5-10-27/h3-14,16,25,28,33,36H,2,15,17-20H2,1H3/t25-,28+/m0/s1. The van der Waals surface area contributed by atoms with Gasteiger partial charge < -0.3 is 24.6 Å². The fourth-order valence-corrected chi connectivity index (χ4v) is 4.58. The van der Waals surface area contributed by atoms with Gasteiger partial charge in [0.05, 0.1) is 24.4 Å². The van der Waals surface area contributed by atoms with Crippen molar-refractivity contribution in [1.29, 1.82) is 0 Å². The van der Waals surface area contributed by atoms with E-state index in [9.17, 15) is 19.5 Å². The van der Waals surface area contributed by atoms with Gasteiger partial charge in [0, 0.05) is 17.6 Å². The Morgan fingerprint density at radius 3 is 2.48 bits per heavy atom. The maximum atomic E-state index is 12.6. The lowest BCUT2D eigenvalue weighted by Gasteiger charge is -2.21. The Kier molecular flexibility index (Phi) is 11.0. The van der Waals surface area contributed by atoms with Crippen molar-refractivity contribution in [3.8, 4) is 11.1 Å². The molecule has 4 rings (SSSR count). The van der Waals surface area contributed by atoms with Crippen molar-refractivity contribution < 1.29 is 33.7 Å². The molecule has 220 valence electrons. The number of nitrogens with zero attached hydrogens (tertiary/aromatic N) is 2. The van der Waals surface area contributed by atoms with Crippen molar-refractivity contribution in [2.75, 3.05) is 25.0 Å². The van der Waals surface area contributed by atoms with Crippen LogP contribution in [-0.2, 0) is 30.2 Å².